The highest BCUT2D eigenvalue weighted by Crippen LogP contribution is 2.18. The molecule has 0 spiro atoms. The maximum atomic E-state index is 12.9. The Labute approximate surface area is 467 Å². The molecule has 0 aromatic carbocycles. The van der Waals surface area contributed by atoms with Crippen molar-refractivity contribution in [3.8, 4) is 0 Å². The van der Waals surface area contributed by atoms with E-state index in [0.29, 0.717) is 19.3 Å². The molecule has 6 heteroatoms. The molecule has 75 heavy (non-hydrogen) atoms. The van der Waals surface area contributed by atoms with Crippen molar-refractivity contribution in [1.29, 1.82) is 0 Å². The number of hydrogen-bond acceptors (Lipinski definition) is 6. The Morgan fingerprint density at radius 2 is 0.493 bits per heavy atom. The van der Waals surface area contributed by atoms with E-state index in [1.807, 2.05) is 0 Å². The average molecular weight is 1050 g/mol. The van der Waals surface area contributed by atoms with E-state index >= 15 is 0 Å². The zero-order valence-electron chi connectivity index (χ0n) is 50.3. The maximum Gasteiger partial charge on any atom is 0.306 e. The highest BCUT2D eigenvalue weighted by molar-refractivity contribution is 5.71. The molecule has 0 fully saturated rings. The van der Waals surface area contributed by atoms with Gasteiger partial charge in [0.25, 0.3) is 0 Å². The van der Waals surface area contributed by atoms with Crippen LogP contribution in [0.4, 0.5) is 0 Å². The molecule has 0 aliphatic heterocycles. The summed E-state index contributed by atoms with van der Waals surface area (Å²) in [7, 11) is 0. The van der Waals surface area contributed by atoms with Crippen LogP contribution < -0.4 is 0 Å². The molecule has 1 atom stereocenters. The predicted octanol–water partition coefficient (Wildman–Crippen LogP) is 22.6. The first-order valence-corrected chi connectivity index (χ1v) is 33.1. The third-order valence-corrected chi connectivity index (χ3v) is 14.8. The van der Waals surface area contributed by atoms with Crippen molar-refractivity contribution in [1.82, 2.24) is 0 Å². The van der Waals surface area contributed by atoms with Crippen LogP contribution in [0.2, 0.25) is 0 Å². The fraction of sp³-hybridized carbons (Fsp3) is 0.841. The molecular weight excluding hydrogens is 925 g/mol. The molecule has 6 nitrogen and oxygen atoms in total. The maximum absolute atomic E-state index is 12.9. The van der Waals surface area contributed by atoms with Gasteiger partial charge in [-0.05, 0) is 77.0 Å². The molecule has 0 heterocycles. The molecule has 0 amide bonds. The Balaban J connectivity index is 4.11. The summed E-state index contributed by atoms with van der Waals surface area (Å²) >= 11 is 0. The number of allylic oxidation sites excluding steroid dienone is 8. The molecule has 0 rings (SSSR count). The summed E-state index contributed by atoms with van der Waals surface area (Å²) in [6.07, 6.45) is 80.0. The fourth-order valence-electron chi connectivity index (χ4n) is 9.79. The molecule has 0 bridgehead atoms. The molecule has 0 aromatic rings. The van der Waals surface area contributed by atoms with Gasteiger partial charge in [-0.3, -0.25) is 14.4 Å². The summed E-state index contributed by atoms with van der Waals surface area (Å²) in [5, 5.41) is 0. The standard InChI is InChI=1S/C69H126O6/c1-4-7-10-13-16-19-22-24-26-27-28-29-30-31-32-33-34-35-36-37-38-39-40-41-43-44-47-50-53-56-59-62-68(71)74-65-66(64-73-67(70)61-58-55-52-49-46-21-18-15-12-9-6-3)75-69(72)63-60-57-54-51-48-45-42-25-23-20-17-14-11-8-5-2/h15,18,22,24,27-28,30-31,66H,4-14,16-17,19-21,23,25-26,29,32-65H2,1-3H3/b18-15-,24-22-,28-27-,31-30-. The Bertz CT molecular complexity index is 1300. The van der Waals surface area contributed by atoms with E-state index in [-0.39, 0.29) is 31.1 Å². The van der Waals surface area contributed by atoms with Crippen LogP contribution in [-0.2, 0) is 28.6 Å². The van der Waals surface area contributed by atoms with Crippen molar-refractivity contribution in [3.05, 3.63) is 48.6 Å². The first kappa shape index (κ1) is 72.4. The lowest BCUT2D eigenvalue weighted by Gasteiger charge is -2.18. The minimum absolute atomic E-state index is 0.0710. The van der Waals surface area contributed by atoms with Crippen LogP contribution in [-0.4, -0.2) is 37.2 Å². The van der Waals surface area contributed by atoms with Crippen molar-refractivity contribution < 1.29 is 28.6 Å². The Hall–Kier alpha value is -2.63. The van der Waals surface area contributed by atoms with E-state index in [4.69, 9.17) is 14.2 Å². The molecule has 0 radical (unpaired) electrons. The Morgan fingerprint density at radius 3 is 0.800 bits per heavy atom. The number of hydrogen-bond donors (Lipinski definition) is 0. The first-order chi connectivity index (χ1) is 37.0. The topological polar surface area (TPSA) is 78.9 Å². The molecule has 1 unspecified atom stereocenters. The van der Waals surface area contributed by atoms with Gasteiger partial charge in [-0.15, -0.1) is 0 Å². The van der Waals surface area contributed by atoms with Gasteiger partial charge in [0.05, 0.1) is 0 Å². The SMILES string of the molecule is CCCC/C=C\CCCCCCCC(=O)OCC(COC(=O)CCCCCCCCCCCCCCCCCC/C=C\C/C=C\C/C=C\CCCCCCC)OC(=O)CCCCCCCCCCCCCCCCC. The number of ether oxygens (including phenoxy) is 3. The lowest BCUT2D eigenvalue weighted by atomic mass is 10.0. The van der Waals surface area contributed by atoms with Crippen LogP contribution in [0.25, 0.3) is 0 Å². The third kappa shape index (κ3) is 62.1. The molecule has 0 aliphatic rings. The predicted molar refractivity (Wildman–Crippen MR) is 325 cm³/mol. The molecular formula is C69H126O6. The first-order valence-electron chi connectivity index (χ1n) is 33.1. The highest BCUT2D eigenvalue weighted by Gasteiger charge is 2.19. The van der Waals surface area contributed by atoms with Crippen molar-refractivity contribution >= 4 is 17.9 Å². The second-order valence-corrected chi connectivity index (χ2v) is 22.4. The van der Waals surface area contributed by atoms with Crippen molar-refractivity contribution in [3.63, 3.8) is 0 Å². The van der Waals surface area contributed by atoms with E-state index < -0.39 is 6.10 Å². The van der Waals surface area contributed by atoms with Crippen LogP contribution in [0.3, 0.4) is 0 Å². The number of rotatable bonds is 61. The molecule has 0 aliphatic carbocycles. The second kappa shape index (κ2) is 63.9. The normalized spacial score (nSPS) is 12.3. The van der Waals surface area contributed by atoms with Crippen molar-refractivity contribution in [2.24, 2.45) is 0 Å². The quantitative estimate of drug-likeness (QED) is 0.0261. The van der Waals surface area contributed by atoms with Gasteiger partial charge in [0, 0.05) is 19.3 Å². The van der Waals surface area contributed by atoms with Crippen molar-refractivity contribution in [2.75, 3.05) is 13.2 Å². The minimum Gasteiger partial charge on any atom is -0.462 e. The highest BCUT2D eigenvalue weighted by atomic mass is 16.6. The third-order valence-electron chi connectivity index (χ3n) is 14.8. The van der Waals surface area contributed by atoms with Gasteiger partial charge in [-0.25, -0.2) is 0 Å². The Kier molecular flexibility index (Phi) is 61.7. The van der Waals surface area contributed by atoms with Gasteiger partial charge in [0.15, 0.2) is 6.10 Å². The molecule has 0 aromatic heterocycles. The van der Waals surface area contributed by atoms with Crippen LogP contribution in [0.15, 0.2) is 48.6 Å². The van der Waals surface area contributed by atoms with Crippen LogP contribution in [0, 0.1) is 0 Å². The van der Waals surface area contributed by atoms with E-state index in [1.165, 1.54) is 238 Å². The minimum atomic E-state index is -0.773. The van der Waals surface area contributed by atoms with E-state index in [1.54, 1.807) is 0 Å². The monoisotopic (exact) mass is 1050 g/mol. The summed E-state index contributed by atoms with van der Waals surface area (Å²) < 4.78 is 16.9. The fourth-order valence-corrected chi connectivity index (χ4v) is 9.79. The van der Waals surface area contributed by atoms with Gasteiger partial charge in [0.2, 0.25) is 0 Å². The van der Waals surface area contributed by atoms with Gasteiger partial charge in [-0.2, -0.15) is 0 Å². The van der Waals surface area contributed by atoms with Gasteiger partial charge < -0.3 is 14.2 Å². The zero-order chi connectivity index (χ0) is 54.3. The number of carbonyl (C=O) groups excluding carboxylic acids is 3. The largest absolute Gasteiger partial charge is 0.462 e. The lowest BCUT2D eigenvalue weighted by molar-refractivity contribution is -0.167. The van der Waals surface area contributed by atoms with Gasteiger partial charge >= 0.3 is 17.9 Å². The summed E-state index contributed by atoms with van der Waals surface area (Å²) in [6, 6.07) is 0. The number of carbonyl (C=O) groups is 3. The van der Waals surface area contributed by atoms with Crippen LogP contribution in [0.1, 0.15) is 355 Å². The zero-order valence-corrected chi connectivity index (χ0v) is 50.3. The smallest absolute Gasteiger partial charge is 0.306 e. The Morgan fingerprint density at radius 1 is 0.267 bits per heavy atom. The van der Waals surface area contributed by atoms with E-state index in [2.05, 4.69) is 69.4 Å². The summed E-state index contributed by atoms with van der Waals surface area (Å²) in [4.78, 5) is 38.2. The van der Waals surface area contributed by atoms with Gasteiger partial charge in [-0.1, -0.05) is 307 Å². The van der Waals surface area contributed by atoms with Crippen molar-refractivity contribution in [2.45, 2.75) is 361 Å². The summed E-state index contributed by atoms with van der Waals surface area (Å²) in [5.41, 5.74) is 0. The van der Waals surface area contributed by atoms with E-state index in [9.17, 15) is 14.4 Å². The summed E-state index contributed by atoms with van der Waals surface area (Å²) in [6.45, 7) is 6.63. The van der Waals surface area contributed by atoms with Crippen LogP contribution in [0.5, 0.6) is 0 Å². The number of esters is 3. The summed E-state index contributed by atoms with van der Waals surface area (Å²) in [5.74, 6) is -0.860. The molecule has 0 saturated carbocycles. The molecule has 0 N–H and O–H groups in total. The van der Waals surface area contributed by atoms with Crippen LogP contribution >= 0.6 is 0 Å². The average Bonchev–Trinajstić information content (AvgIpc) is 3.41. The number of unbranched alkanes of at least 4 members (excludes halogenated alkanes) is 42. The lowest BCUT2D eigenvalue weighted by Crippen LogP contribution is -2.30. The molecule has 0 saturated heterocycles. The van der Waals surface area contributed by atoms with E-state index in [0.717, 1.165) is 77.0 Å². The molecule has 438 valence electrons. The second-order valence-electron chi connectivity index (χ2n) is 22.4. The van der Waals surface area contributed by atoms with Gasteiger partial charge in [0.1, 0.15) is 13.2 Å².